The zero-order valence-electron chi connectivity index (χ0n) is 15.2. The monoisotopic (exact) mass is 423 g/mol. The molecule has 0 saturated heterocycles. The zero-order valence-corrected chi connectivity index (χ0v) is 16.8. The molecule has 1 aromatic heterocycles. The Balaban J connectivity index is 2.18. The minimum atomic E-state index is -4.31. The molecule has 0 aliphatic rings. The third-order valence-corrected chi connectivity index (χ3v) is 6.48. The highest BCUT2D eigenvalue weighted by Gasteiger charge is 2.31. The molecule has 1 heterocycles. The lowest BCUT2D eigenvalue weighted by Crippen LogP contribution is -2.17. The number of fused-ring (bicyclic) bond motifs is 1. The second-order valence-electron chi connectivity index (χ2n) is 5.63. The van der Waals surface area contributed by atoms with E-state index in [1.807, 2.05) is 0 Å². The fourth-order valence-electron chi connectivity index (χ4n) is 2.70. The molecule has 1 N–H and O–H groups in total. The van der Waals surface area contributed by atoms with Gasteiger partial charge in [0.25, 0.3) is 10.0 Å². The maximum absolute atomic E-state index is 14.5. The summed E-state index contributed by atoms with van der Waals surface area (Å²) >= 11 is 0.873. The van der Waals surface area contributed by atoms with Crippen LogP contribution in [0.25, 0.3) is 10.1 Å². The Morgan fingerprint density at radius 3 is 2.57 bits per heavy atom. The fraction of sp³-hybridized carbons (Fsp3) is 0.211. The Bertz CT molecular complexity index is 1120. The van der Waals surface area contributed by atoms with Crippen LogP contribution in [-0.4, -0.2) is 27.6 Å². The van der Waals surface area contributed by atoms with Crippen LogP contribution in [0.5, 0.6) is 5.75 Å². The molecule has 0 atom stereocenters. The van der Waals surface area contributed by atoms with Crippen LogP contribution in [0.1, 0.15) is 23.5 Å². The quantitative estimate of drug-likeness (QED) is 0.569. The van der Waals surface area contributed by atoms with Crippen molar-refractivity contribution in [1.29, 1.82) is 0 Å². The highest BCUT2D eigenvalue weighted by molar-refractivity contribution is 7.93. The minimum Gasteiger partial charge on any atom is -0.492 e. The van der Waals surface area contributed by atoms with Gasteiger partial charge in [0.05, 0.1) is 18.9 Å². The summed E-state index contributed by atoms with van der Waals surface area (Å²) in [5.41, 5.74) is 0.190. The molecule has 0 saturated carbocycles. The molecule has 0 spiro atoms. The molecule has 0 fully saturated rings. The van der Waals surface area contributed by atoms with Gasteiger partial charge in [0.2, 0.25) is 0 Å². The molecule has 0 bridgehead atoms. The number of esters is 1. The summed E-state index contributed by atoms with van der Waals surface area (Å²) in [4.78, 5) is 11.8. The first-order chi connectivity index (χ1) is 13.4. The number of thiophene rings is 1. The topological polar surface area (TPSA) is 81.7 Å². The number of sulfonamides is 1. The second-order valence-corrected chi connectivity index (χ2v) is 8.30. The van der Waals surface area contributed by atoms with Gasteiger partial charge in [-0.25, -0.2) is 17.6 Å². The Kier molecular flexibility index (Phi) is 5.85. The predicted octanol–water partition coefficient (Wildman–Crippen LogP) is 4.42. The van der Waals surface area contributed by atoms with E-state index in [1.54, 1.807) is 38.1 Å². The minimum absolute atomic E-state index is 0.0651. The van der Waals surface area contributed by atoms with E-state index < -0.39 is 26.7 Å². The van der Waals surface area contributed by atoms with Gasteiger partial charge in [-0.2, -0.15) is 0 Å². The molecule has 28 heavy (non-hydrogen) atoms. The van der Waals surface area contributed by atoms with Crippen molar-refractivity contribution < 1.29 is 27.1 Å². The van der Waals surface area contributed by atoms with Crippen LogP contribution >= 0.6 is 11.3 Å². The molecule has 0 radical (unpaired) electrons. The van der Waals surface area contributed by atoms with Crippen molar-refractivity contribution in [2.75, 3.05) is 17.9 Å². The standard InChI is InChI=1S/C19H18FNO5S2/c1-3-25-14-10-6-5-9-13(14)21-28(23,24)18-16-12(20)8-7-11-15(16)27-17(18)19(22)26-4-2/h5-11,21H,3-4H2,1-2H3. The van der Waals surface area contributed by atoms with Crippen LogP contribution in [0.4, 0.5) is 10.1 Å². The Morgan fingerprint density at radius 2 is 1.86 bits per heavy atom. The fourth-order valence-corrected chi connectivity index (χ4v) is 5.58. The molecule has 148 valence electrons. The van der Waals surface area contributed by atoms with Crippen molar-refractivity contribution in [1.82, 2.24) is 0 Å². The average molecular weight is 423 g/mol. The van der Waals surface area contributed by atoms with E-state index >= 15 is 0 Å². The molecule has 0 aliphatic heterocycles. The summed E-state index contributed by atoms with van der Waals surface area (Å²) in [6.45, 7) is 3.78. The number of halogens is 1. The Hall–Kier alpha value is -2.65. The molecular formula is C19H18FNO5S2. The second kappa shape index (κ2) is 8.15. The zero-order chi connectivity index (χ0) is 20.3. The third kappa shape index (κ3) is 3.81. The molecule has 6 nitrogen and oxygen atoms in total. The first kappa shape index (κ1) is 20.1. The number of hydrogen-bond acceptors (Lipinski definition) is 6. The van der Waals surface area contributed by atoms with Crippen molar-refractivity contribution >= 4 is 43.1 Å². The highest BCUT2D eigenvalue weighted by atomic mass is 32.2. The SMILES string of the molecule is CCOC(=O)c1sc2cccc(F)c2c1S(=O)(=O)Nc1ccccc1OCC. The van der Waals surface area contributed by atoms with E-state index in [9.17, 15) is 17.6 Å². The number of anilines is 1. The molecule has 0 aliphatic carbocycles. The Labute approximate surface area is 166 Å². The van der Waals surface area contributed by atoms with Crippen molar-refractivity contribution in [3.63, 3.8) is 0 Å². The average Bonchev–Trinajstić information content (AvgIpc) is 3.06. The van der Waals surface area contributed by atoms with E-state index in [0.717, 1.165) is 17.4 Å². The molecule has 2 aromatic carbocycles. The molecule has 0 amide bonds. The van der Waals surface area contributed by atoms with Crippen molar-refractivity contribution in [3.8, 4) is 5.75 Å². The van der Waals surface area contributed by atoms with Gasteiger partial charge in [-0.05, 0) is 38.1 Å². The first-order valence-corrected chi connectivity index (χ1v) is 10.8. The summed E-state index contributed by atoms with van der Waals surface area (Å²) in [7, 11) is -4.31. The summed E-state index contributed by atoms with van der Waals surface area (Å²) < 4.78 is 54.0. The number of hydrogen-bond donors (Lipinski definition) is 1. The van der Waals surface area contributed by atoms with Gasteiger partial charge in [0.1, 0.15) is 21.3 Å². The summed E-state index contributed by atoms with van der Waals surface area (Å²) in [6.07, 6.45) is 0. The van der Waals surface area contributed by atoms with Gasteiger partial charge in [-0.1, -0.05) is 18.2 Å². The molecule has 0 unspecified atom stereocenters. The van der Waals surface area contributed by atoms with Crippen LogP contribution in [0, 0.1) is 5.82 Å². The summed E-state index contributed by atoms with van der Waals surface area (Å²) in [5.74, 6) is -1.23. The number of ether oxygens (including phenoxy) is 2. The smallest absolute Gasteiger partial charge is 0.349 e. The number of benzene rings is 2. The first-order valence-electron chi connectivity index (χ1n) is 8.51. The van der Waals surface area contributed by atoms with Crippen molar-refractivity contribution in [3.05, 3.63) is 53.2 Å². The van der Waals surface area contributed by atoms with Crippen LogP contribution < -0.4 is 9.46 Å². The van der Waals surface area contributed by atoms with Crippen LogP contribution in [-0.2, 0) is 14.8 Å². The van der Waals surface area contributed by atoms with Crippen LogP contribution in [0.2, 0.25) is 0 Å². The van der Waals surface area contributed by atoms with Crippen LogP contribution in [0.3, 0.4) is 0 Å². The van der Waals surface area contributed by atoms with Gasteiger partial charge in [-0.15, -0.1) is 11.3 Å². The maximum atomic E-state index is 14.5. The third-order valence-electron chi connectivity index (χ3n) is 3.78. The number of carbonyl (C=O) groups is 1. The molecular weight excluding hydrogens is 405 g/mol. The number of para-hydroxylation sites is 2. The van der Waals surface area contributed by atoms with Gasteiger partial charge < -0.3 is 9.47 Å². The predicted molar refractivity (Wildman–Crippen MR) is 106 cm³/mol. The maximum Gasteiger partial charge on any atom is 0.349 e. The normalized spacial score (nSPS) is 11.4. The number of rotatable bonds is 7. The van der Waals surface area contributed by atoms with Gasteiger partial charge in [-0.3, -0.25) is 4.72 Å². The number of nitrogens with one attached hydrogen (secondary N) is 1. The van der Waals surface area contributed by atoms with Gasteiger partial charge >= 0.3 is 5.97 Å². The van der Waals surface area contributed by atoms with E-state index in [0.29, 0.717) is 17.1 Å². The van der Waals surface area contributed by atoms with Gasteiger partial charge in [0.15, 0.2) is 0 Å². The lowest BCUT2D eigenvalue weighted by atomic mass is 10.2. The van der Waals surface area contributed by atoms with E-state index in [4.69, 9.17) is 9.47 Å². The largest absolute Gasteiger partial charge is 0.492 e. The molecule has 9 heteroatoms. The van der Waals surface area contributed by atoms with E-state index in [-0.39, 0.29) is 22.6 Å². The number of carbonyl (C=O) groups excluding carboxylic acids is 1. The lowest BCUT2D eigenvalue weighted by Gasteiger charge is -2.13. The van der Waals surface area contributed by atoms with E-state index in [2.05, 4.69) is 4.72 Å². The summed E-state index contributed by atoms with van der Waals surface area (Å²) in [6, 6.07) is 10.6. The van der Waals surface area contributed by atoms with Crippen molar-refractivity contribution in [2.24, 2.45) is 0 Å². The highest BCUT2D eigenvalue weighted by Crippen LogP contribution is 2.38. The Morgan fingerprint density at radius 1 is 1.11 bits per heavy atom. The summed E-state index contributed by atoms with van der Waals surface area (Å²) in [5, 5.41) is -0.142. The molecule has 3 aromatic rings. The molecule has 3 rings (SSSR count). The lowest BCUT2D eigenvalue weighted by molar-refractivity contribution is 0.0528. The van der Waals surface area contributed by atoms with Crippen LogP contribution in [0.15, 0.2) is 47.4 Å². The van der Waals surface area contributed by atoms with Gasteiger partial charge in [0, 0.05) is 10.1 Å². The van der Waals surface area contributed by atoms with E-state index in [1.165, 1.54) is 12.1 Å². The van der Waals surface area contributed by atoms with Crippen molar-refractivity contribution in [2.45, 2.75) is 18.7 Å².